The first-order chi connectivity index (χ1) is 26.5. The summed E-state index contributed by atoms with van der Waals surface area (Å²) in [6.45, 7) is 14.2. The van der Waals surface area contributed by atoms with Gasteiger partial charge in [-0.2, -0.15) is 0 Å². The first kappa shape index (κ1) is 34.8. The van der Waals surface area contributed by atoms with Gasteiger partial charge in [0.05, 0.1) is 0 Å². The molecule has 3 aliphatic rings. The molecule has 1 nitrogen and oxygen atoms in total. The number of hydrogen-bond acceptors (Lipinski definition) is 3. The number of rotatable bonds is 3. The van der Waals surface area contributed by atoms with Crippen molar-refractivity contribution in [2.75, 3.05) is 4.90 Å². The predicted molar refractivity (Wildman–Crippen MR) is 241 cm³/mol. The maximum Gasteiger partial charge on any atom is 0.247 e. The second-order valence-electron chi connectivity index (χ2n) is 17.3. The Balaban J connectivity index is 1.22. The normalized spacial score (nSPS) is 15.0. The molecule has 0 radical (unpaired) electrons. The molecular formula is C50H44BNS2Si. The van der Waals surface area contributed by atoms with Gasteiger partial charge < -0.3 is 4.90 Å². The summed E-state index contributed by atoms with van der Waals surface area (Å²) in [6, 6.07) is 60.7. The molecule has 7 aromatic rings. The van der Waals surface area contributed by atoms with Crippen molar-refractivity contribution in [3.05, 3.63) is 169 Å². The highest BCUT2D eigenvalue weighted by Crippen LogP contribution is 2.45. The molecule has 0 saturated heterocycles. The van der Waals surface area contributed by atoms with Crippen molar-refractivity contribution in [2.45, 2.75) is 72.0 Å². The van der Waals surface area contributed by atoms with Crippen LogP contribution in [0, 0.1) is 0 Å². The number of hydrogen-bond donors (Lipinski definition) is 0. The van der Waals surface area contributed by atoms with E-state index in [9.17, 15) is 0 Å². The molecule has 268 valence electrons. The fourth-order valence-electron chi connectivity index (χ4n) is 9.24. The summed E-state index contributed by atoms with van der Waals surface area (Å²) in [6.07, 6.45) is 0. The minimum atomic E-state index is -2.69. The van der Waals surface area contributed by atoms with Crippen LogP contribution in [-0.4, -0.2) is 14.8 Å². The lowest BCUT2D eigenvalue weighted by Gasteiger charge is -2.45. The third-order valence-corrected chi connectivity index (χ3v) is 19.1. The summed E-state index contributed by atoms with van der Waals surface area (Å²) >= 11 is 3.91. The average molecular weight is 762 g/mol. The van der Waals surface area contributed by atoms with E-state index in [1.54, 1.807) is 0 Å². The summed E-state index contributed by atoms with van der Waals surface area (Å²) in [5, 5.41) is 5.67. The second kappa shape index (κ2) is 12.7. The van der Waals surface area contributed by atoms with Gasteiger partial charge in [-0.05, 0) is 84.6 Å². The predicted octanol–water partition coefficient (Wildman–Crippen LogP) is 8.89. The summed E-state index contributed by atoms with van der Waals surface area (Å²) in [5.74, 6) is 0. The van der Waals surface area contributed by atoms with Gasteiger partial charge in [-0.25, -0.2) is 0 Å². The zero-order valence-electron chi connectivity index (χ0n) is 32.4. The second-order valence-corrected chi connectivity index (χ2v) is 23.2. The Kier molecular flexibility index (Phi) is 8.02. The fourth-order valence-corrected chi connectivity index (χ4v) is 16.8. The van der Waals surface area contributed by atoms with Crippen molar-refractivity contribution in [3.63, 3.8) is 0 Å². The summed E-state index contributed by atoms with van der Waals surface area (Å²) in [7, 11) is -2.69. The van der Waals surface area contributed by atoms with Gasteiger partial charge in [0, 0.05) is 36.6 Å². The maximum atomic E-state index is 2.57. The monoisotopic (exact) mass is 761 g/mol. The van der Waals surface area contributed by atoms with E-state index in [0.717, 1.165) is 0 Å². The number of para-hydroxylation sites is 2. The largest absolute Gasteiger partial charge is 0.311 e. The highest BCUT2D eigenvalue weighted by atomic mass is 32.2. The van der Waals surface area contributed by atoms with Gasteiger partial charge in [-0.1, -0.05) is 197 Å². The summed E-state index contributed by atoms with van der Waals surface area (Å²) in [4.78, 5) is 8.04. The highest BCUT2D eigenvalue weighted by molar-refractivity contribution is 8.01. The van der Waals surface area contributed by atoms with Crippen LogP contribution in [0.3, 0.4) is 0 Å². The zero-order chi connectivity index (χ0) is 37.7. The van der Waals surface area contributed by atoms with Gasteiger partial charge in [-0.3, -0.25) is 0 Å². The van der Waals surface area contributed by atoms with Crippen LogP contribution < -0.4 is 42.0 Å². The van der Waals surface area contributed by atoms with Gasteiger partial charge in [0.15, 0.2) is 8.07 Å². The molecule has 0 unspecified atom stereocenters. The molecule has 0 bridgehead atoms. The van der Waals surface area contributed by atoms with Gasteiger partial charge in [-0.15, -0.1) is 0 Å². The van der Waals surface area contributed by atoms with E-state index >= 15 is 0 Å². The molecule has 0 atom stereocenters. The molecule has 0 spiro atoms. The third-order valence-electron chi connectivity index (χ3n) is 12.0. The van der Waals surface area contributed by atoms with Gasteiger partial charge in [0.2, 0.25) is 6.71 Å². The molecule has 5 heteroatoms. The smallest absolute Gasteiger partial charge is 0.247 e. The van der Waals surface area contributed by atoms with E-state index in [4.69, 9.17) is 0 Å². The van der Waals surface area contributed by atoms with Crippen LogP contribution in [0.4, 0.5) is 17.1 Å². The third kappa shape index (κ3) is 5.38. The van der Waals surface area contributed by atoms with Crippen molar-refractivity contribution >= 4 is 92.5 Å². The van der Waals surface area contributed by atoms with Crippen molar-refractivity contribution in [1.82, 2.24) is 0 Å². The minimum Gasteiger partial charge on any atom is -0.311 e. The molecule has 0 amide bonds. The van der Waals surface area contributed by atoms with Crippen LogP contribution in [0.1, 0.15) is 52.7 Å². The lowest BCUT2D eigenvalue weighted by molar-refractivity contribution is 0.590. The van der Waals surface area contributed by atoms with E-state index in [-0.39, 0.29) is 17.5 Å². The summed E-state index contributed by atoms with van der Waals surface area (Å²) in [5.41, 5.74) is 11.1. The number of nitrogens with zero attached hydrogens (tertiary/aromatic N) is 1. The van der Waals surface area contributed by atoms with Gasteiger partial charge >= 0.3 is 0 Å². The lowest BCUT2D eigenvalue weighted by Crippen LogP contribution is -2.77. The van der Waals surface area contributed by atoms with Crippen molar-refractivity contribution in [1.29, 1.82) is 0 Å². The Morgan fingerprint density at radius 2 is 0.873 bits per heavy atom. The molecule has 0 aromatic heterocycles. The lowest BCUT2D eigenvalue weighted by atomic mass is 9.36. The zero-order valence-corrected chi connectivity index (χ0v) is 35.0. The maximum absolute atomic E-state index is 2.69. The quantitative estimate of drug-likeness (QED) is 0.166. The van der Waals surface area contributed by atoms with Crippen molar-refractivity contribution < 1.29 is 0 Å². The Bertz CT molecular complexity index is 2460. The van der Waals surface area contributed by atoms with Crippen molar-refractivity contribution in [2.24, 2.45) is 0 Å². The van der Waals surface area contributed by atoms with E-state index < -0.39 is 8.07 Å². The van der Waals surface area contributed by atoms with Crippen LogP contribution in [0.25, 0.3) is 0 Å². The SMILES string of the molecule is CC(C)(C)c1ccc2c(c1)B1c3cc(C(C)(C)C)ccc3Sc3cc(N4c5ccccc5[Si](c5ccccc5)(c5ccccc5)c5ccccc54)cc(c31)S2. The average Bonchev–Trinajstić information content (AvgIpc) is 3.19. The topological polar surface area (TPSA) is 3.24 Å². The van der Waals surface area contributed by atoms with Crippen LogP contribution in [0.2, 0.25) is 0 Å². The van der Waals surface area contributed by atoms with Crippen LogP contribution in [-0.2, 0) is 10.8 Å². The Labute approximate surface area is 336 Å². The Morgan fingerprint density at radius 1 is 0.455 bits per heavy atom. The molecule has 7 aromatic carbocycles. The van der Waals surface area contributed by atoms with Gasteiger partial charge in [0.1, 0.15) is 0 Å². The first-order valence-corrected chi connectivity index (χ1v) is 23.1. The fraction of sp³-hybridized carbons (Fsp3) is 0.160. The van der Waals surface area contributed by atoms with E-state index in [2.05, 4.69) is 204 Å². The van der Waals surface area contributed by atoms with E-state index in [0.29, 0.717) is 0 Å². The standard InChI is InChI=1S/C50H44BNS2Si/c1-49(2,3)33-25-27-42-38(29-33)51-39-30-34(50(4,5)6)26-28-43(39)54-45-32-35(31-44(53-42)48(45)51)52-40-21-13-15-23-46(40)55(36-17-9-7-10-18-36,37-19-11-8-12-20-37)47-24-16-14-22-41(47)52/h7-32H,1-6H3. The number of benzene rings is 7. The molecule has 10 rings (SSSR count). The Morgan fingerprint density at radius 3 is 1.31 bits per heavy atom. The Hall–Kier alpha value is -4.68. The molecule has 0 aliphatic carbocycles. The van der Waals surface area contributed by atoms with E-state index in [1.165, 1.54) is 84.9 Å². The molecule has 55 heavy (non-hydrogen) atoms. The van der Waals surface area contributed by atoms with Gasteiger partial charge in [0.25, 0.3) is 0 Å². The molecule has 0 N–H and O–H groups in total. The number of fused-ring (bicyclic) bond motifs is 6. The first-order valence-electron chi connectivity index (χ1n) is 19.5. The number of anilines is 3. The van der Waals surface area contributed by atoms with Crippen molar-refractivity contribution in [3.8, 4) is 0 Å². The summed E-state index contributed by atoms with van der Waals surface area (Å²) < 4.78 is 0. The van der Waals surface area contributed by atoms with Crippen LogP contribution in [0.15, 0.2) is 177 Å². The molecule has 3 heterocycles. The molecule has 0 saturated carbocycles. The van der Waals surface area contributed by atoms with Crippen LogP contribution in [0.5, 0.6) is 0 Å². The highest BCUT2D eigenvalue weighted by Gasteiger charge is 2.49. The molecular weight excluding hydrogens is 718 g/mol. The minimum absolute atomic E-state index is 0.0687. The molecule has 0 fully saturated rings. The molecule has 3 aliphatic heterocycles. The van der Waals surface area contributed by atoms with E-state index in [1.807, 2.05) is 23.5 Å². The van der Waals surface area contributed by atoms with Crippen LogP contribution >= 0.6 is 23.5 Å².